The normalized spacial score (nSPS) is 14.0. The van der Waals surface area contributed by atoms with Crippen molar-refractivity contribution in [1.29, 1.82) is 0 Å². The van der Waals surface area contributed by atoms with E-state index in [1.54, 1.807) is 18.2 Å². The lowest BCUT2D eigenvalue weighted by molar-refractivity contribution is -0.148. The molecule has 0 fully saturated rings. The standard InChI is InChI=1S/C13H15NO5/c1-8(15)14(2)10(13(16)17)5-9-3-4-11-12(6-9)19-7-18-11/h3-4,6,10H,5,7H2,1-2H3,(H,16,17)/t10-/m0/s1. The molecule has 6 heteroatoms. The topological polar surface area (TPSA) is 76.1 Å². The largest absolute Gasteiger partial charge is 0.480 e. The van der Waals surface area contributed by atoms with Gasteiger partial charge in [0.15, 0.2) is 11.5 Å². The summed E-state index contributed by atoms with van der Waals surface area (Å²) in [6, 6.07) is 4.37. The van der Waals surface area contributed by atoms with Gasteiger partial charge in [-0.1, -0.05) is 6.07 Å². The summed E-state index contributed by atoms with van der Waals surface area (Å²) in [6.45, 7) is 1.52. The van der Waals surface area contributed by atoms with Gasteiger partial charge in [-0.25, -0.2) is 4.79 Å². The molecule has 0 saturated carbocycles. The van der Waals surface area contributed by atoms with Crippen LogP contribution < -0.4 is 9.47 Å². The minimum atomic E-state index is -1.03. The minimum Gasteiger partial charge on any atom is -0.480 e. The number of aliphatic carboxylic acids is 1. The third-order valence-electron chi connectivity index (χ3n) is 3.12. The number of fused-ring (bicyclic) bond motifs is 1. The number of ether oxygens (including phenoxy) is 2. The molecule has 1 atom stereocenters. The Morgan fingerprint density at radius 3 is 2.68 bits per heavy atom. The summed E-state index contributed by atoms with van der Waals surface area (Å²) in [5.41, 5.74) is 0.782. The van der Waals surface area contributed by atoms with E-state index in [2.05, 4.69) is 0 Å². The number of rotatable bonds is 4. The van der Waals surface area contributed by atoms with E-state index in [4.69, 9.17) is 9.47 Å². The quantitative estimate of drug-likeness (QED) is 0.875. The summed E-state index contributed by atoms with van der Waals surface area (Å²) in [6.07, 6.45) is 0.224. The van der Waals surface area contributed by atoms with Crippen molar-refractivity contribution in [3.63, 3.8) is 0 Å². The smallest absolute Gasteiger partial charge is 0.326 e. The van der Waals surface area contributed by atoms with Crippen LogP contribution in [-0.4, -0.2) is 41.8 Å². The van der Waals surface area contributed by atoms with Crippen LogP contribution in [0.15, 0.2) is 18.2 Å². The summed E-state index contributed by atoms with van der Waals surface area (Å²) in [4.78, 5) is 23.7. The van der Waals surface area contributed by atoms with E-state index in [9.17, 15) is 14.7 Å². The number of hydrogen-bond acceptors (Lipinski definition) is 4. The van der Waals surface area contributed by atoms with Crippen LogP contribution in [0.2, 0.25) is 0 Å². The lowest BCUT2D eigenvalue weighted by atomic mass is 10.0. The first-order valence-electron chi connectivity index (χ1n) is 5.83. The SMILES string of the molecule is CC(=O)N(C)[C@@H](Cc1ccc2c(c1)OCO2)C(=O)O. The van der Waals surface area contributed by atoms with E-state index in [0.717, 1.165) is 5.56 Å². The maximum Gasteiger partial charge on any atom is 0.326 e. The van der Waals surface area contributed by atoms with Gasteiger partial charge in [0.25, 0.3) is 0 Å². The Morgan fingerprint density at radius 1 is 1.37 bits per heavy atom. The number of hydrogen-bond donors (Lipinski definition) is 1. The molecule has 1 aromatic rings. The second-order valence-corrected chi connectivity index (χ2v) is 4.38. The summed E-state index contributed by atoms with van der Waals surface area (Å²) >= 11 is 0. The maximum atomic E-state index is 11.3. The van der Waals surface area contributed by atoms with E-state index >= 15 is 0 Å². The minimum absolute atomic E-state index is 0.175. The fourth-order valence-electron chi connectivity index (χ4n) is 1.90. The molecule has 1 amide bonds. The molecule has 6 nitrogen and oxygen atoms in total. The third-order valence-corrected chi connectivity index (χ3v) is 3.12. The molecule has 1 aliphatic rings. The molecule has 0 aromatic heterocycles. The second-order valence-electron chi connectivity index (χ2n) is 4.38. The first-order valence-corrected chi connectivity index (χ1v) is 5.83. The van der Waals surface area contributed by atoms with Gasteiger partial charge in [0.2, 0.25) is 12.7 Å². The predicted octanol–water partition coefficient (Wildman–Crippen LogP) is 0.889. The number of amides is 1. The van der Waals surface area contributed by atoms with Crippen LogP contribution in [0.3, 0.4) is 0 Å². The highest BCUT2D eigenvalue weighted by atomic mass is 16.7. The summed E-state index contributed by atoms with van der Waals surface area (Å²) in [5.74, 6) is -0.0637. The van der Waals surface area contributed by atoms with Crippen LogP contribution in [-0.2, 0) is 16.0 Å². The van der Waals surface area contributed by atoms with Crippen molar-refractivity contribution >= 4 is 11.9 Å². The fourth-order valence-corrected chi connectivity index (χ4v) is 1.90. The number of nitrogens with zero attached hydrogens (tertiary/aromatic N) is 1. The summed E-state index contributed by atoms with van der Waals surface area (Å²) in [7, 11) is 1.48. The Morgan fingerprint density at radius 2 is 2.05 bits per heavy atom. The van der Waals surface area contributed by atoms with Crippen molar-refractivity contribution in [1.82, 2.24) is 4.90 Å². The van der Waals surface area contributed by atoms with Crippen LogP contribution >= 0.6 is 0 Å². The molecule has 0 radical (unpaired) electrons. The van der Waals surface area contributed by atoms with Crippen LogP contribution in [0.25, 0.3) is 0 Å². The Bertz CT molecular complexity index is 514. The average Bonchev–Trinajstić information content (AvgIpc) is 2.81. The fraction of sp³-hybridized carbons (Fsp3) is 0.385. The number of carbonyl (C=O) groups excluding carboxylic acids is 1. The van der Waals surface area contributed by atoms with Gasteiger partial charge in [0.05, 0.1) is 0 Å². The summed E-state index contributed by atoms with van der Waals surface area (Å²) in [5, 5.41) is 9.20. The van der Waals surface area contributed by atoms with E-state index in [1.807, 2.05) is 0 Å². The van der Waals surface area contributed by atoms with Crippen LogP contribution in [0.1, 0.15) is 12.5 Å². The van der Waals surface area contributed by atoms with Crippen molar-refractivity contribution in [2.45, 2.75) is 19.4 Å². The molecular formula is C13H15NO5. The zero-order valence-corrected chi connectivity index (χ0v) is 10.8. The Labute approximate surface area is 110 Å². The summed E-state index contributed by atoms with van der Waals surface area (Å²) < 4.78 is 10.4. The van der Waals surface area contributed by atoms with E-state index in [0.29, 0.717) is 11.5 Å². The van der Waals surface area contributed by atoms with Crippen molar-refractivity contribution in [3.8, 4) is 11.5 Å². The van der Waals surface area contributed by atoms with Gasteiger partial charge in [0.1, 0.15) is 6.04 Å². The molecule has 1 heterocycles. The Kier molecular flexibility index (Phi) is 3.59. The number of benzene rings is 1. The molecule has 19 heavy (non-hydrogen) atoms. The molecule has 1 aliphatic heterocycles. The van der Waals surface area contributed by atoms with Gasteiger partial charge in [-0.2, -0.15) is 0 Å². The molecule has 2 rings (SSSR count). The van der Waals surface area contributed by atoms with Crippen molar-refractivity contribution in [2.24, 2.45) is 0 Å². The maximum absolute atomic E-state index is 11.3. The van der Waals surface area contributed by atoms with Crippen molar-refractivity contribution in [2.75, 3.05) is 13.8 Å². The number of carbonyl (C=O) groups is 2. The van der Waals surface area contributed by atoms with Crippen molar-refractivity contribution in [3.05, 3.63) is 23.8 Å². The van der Waals surface area contributed by atoms with Crippen LogP contribution in [0.4, 0.5) is 0 Å². The van der Waals surface area contributed by atoms with Gasteiger partial charge in [-0.15, -0.1) is 0 Å². The van der Waals surface area contributed by atoms with Crippen molar-refractivity contribution < 1.29 is 24.2 Å². The van der Waals surface area contributed by atoms with E-state index < -0.39 is 12.0 Å². The second kappa shape index (κ2) is 5.17. The average molecular weight is 265 g/mol. The molecule has 0 spiro atoms. The molecule has 0 aliphatic carbocycles. The van der Waals surface area contributed by atoms with Gasteiger partial charge in [0, 0.05) is 20.4 Å². The third kappa shape index (κ3) is 2.78. The Hall–Kier alpha value is -2.24. The molecule has 1 aromatic carbocycles. The molecule has 0 bridgehead atoms. The van der Waals surface area contributed by atoms with Crippen LogP contribution in [0, 0.1) is 0 Å². The highest BCUT2D eigenvalue weighted by molar-refractivity contribution is 5.82. The first-order chi connectivity index (χ1) is 8.99. The lowest BCUT2D eigenvalue weighted by Crippen LogP contribution is -2.42. The highest BCUT2D eigenvalue weighted by Crippen LogP contribution is 2.32. The zero-order valence-electron chi connectivity index (χ0n) is 10.8. The first kappa shape index (κ1) is 13.2. The molecule has 1 N–H and O–H groups in total. The van der Waals surface area contributed by atoms with Gasteiger partial charge in [-0.05, 0) is 17.7 Å². The number of carboxylic acid groups (broad SMARTS) is 1. The van der Waals surface area contributed by atoms with E-state index in [-0.39, 0.29) is 19.1 Å². The predicted molar refractivity (Wildman–Crippen MR) is 66.1 cm³/mol. The monoisotopic (exact) mass is 265 g/mol. The molecular weight excluding hydrogens is 250 g/mol. The number of likely N-dealkylation sites (N-methyl/N-ethyl adjacent to an activating group) is 1. The molecule has 0 saturated heterocycles. The lowest BCUT2D eigenvalue weighted by Gasteiger charge is -2.23. The Balaban J connectivity index is 2.17. The van der Waals surface area contributed by atoms with E-state index in [1.165, 1.54) is 18.9 Å². The van der Waals surface area contributed by atoms with Gasteiger partial charge >= 0.3 is 5.97 Å². The highest BCUT2D eigenvalue weighted by Gasteiger charge is 2.25. The zero-order chi connectivity index (χ0) is 14.0. The molecule has 0 unspecified atom stereocenters. The number of carboxylic acids is 1. The molecule has 102 valence electrons. The van der Waals surface area contributed by atoms with Gasteiger partial charge in [-0.3, -0.25) is 4.79 Å². The van der Waals surface area contributed by atoms with Crippen LogP contribution in [0.5, 0.6) is 11.5 Å². The van der Waals surface area contributed by atoms with Gasteiger partial charge < -0.3 is 19.5 Å².